The zero-order chi connectivity index (χ0) is 16.4. The number of dihydropyridines is 1. The van der Waals surface area contributed by atoms with Crippen molar-refractivity contribution in [1.29, 1.82) is 0 Å². The number of hydrogen-bond donors (Lipinski definition) is 1. The molecule has 5 nitrogen and oxygen atoms in total. The van der Waals surface area contributed by atoms with Crippen molar-refractivity contribution in [3.63, 3.8) is 0 Å². The smallest absolute Gasteiger partial charge is 0.336 e. The van der Waals surface area contributed by atoms with Crippen LogP contribution in [-0.2, 0) is 14.3 Å². The first-order valence-corrected chi connectivity index (χ1v) is 7.95. The fourth-order valence-corrected chi connectivity index (χ4v) is 3.31. The summed E-state index contributed by atoms with van der Waals surface area (Å²) in [6.45, 7) is 3.92. The molecule has 1 aromatic heterocycles. The van der Waals surface area contributed by atoms with Crippen molar-refractivity contribution in [1.82, 2.24) is 10.3 Å². The Morgan fingerprint density at radius 3 is 2.91 bits per heavy atom. The molecular weight excluding hydrogens is 292 g/mol. The number of nitrogens with one attached hydrogen (secondary N) is 1. The molecule has 0 saturated carbocycles. The number of carbonyl (C=O) groups is 2. The second-order valence-electron chi connectivity index (χ2n) is 5.74. The number of aromatic nitrogens is 1. The van der Waals surface area contributed by atoms with Crippen LogP contribution < -0.4 is 5.32 Å². The van der Waals surface area contributed by atoms with Gasteiger partial charge in [0.15, 0.2) is 5.78 Å². The molecule has 1 aliphatic heterocycles. The number of esters is 1. The fraction of sp³-hybridized carbons (Fsp3) is 0.389. The number of ether oxygens (including phenoxy) is 1. The van der Waals surface area contributed by atoms with Gasteiger partial charge in [-0.25, -0.2) is 4.79 Å². The molecule has 0 saturated heterocycles. The van der Waals surface area contributed by atoms with Gasteiger partial charge in [-0.15, -0.1) is 0 Å². The predicted molar refractivity (Wildman–Crippen MR) is 85.3 cm³/mol. The summed E-state index contributed by atoms with van der Waals surface area (Å²) in [5.74, 6) is -0.749. The Balaban J connectivity index is 2.15. The third-order valence-corrected chi connectivity index (χ3v) is 4.25. The maximum Gasteiger partial charge on any atom is 0.336 e. The third-order valence-electron chi connectivity index (χ3n) is 4.25. The quantitative estimate of drug-likeness (QED) is 0.869. The Bertz CT molecular complexity index is 704. The van der Waals surface area contributed by atoms with Gasteiger partial charge < -0.3 is 10.1 Å². The van der Waals surface area contributed by atoms with Crippen molar-refractivity contribution in [2.24, 2.45) is 0 Å². The Morgan fingerprint density at radius 1 is 1.39 bits per heavy atom. The van der Waals surface area contributed by atoms with E-state index in [0.29, 0.717) is 29.9 Å². The van der Waals surface area contributed by atoms with Gasteiger partial charge in [-0.1, -0.05) is 6.07 Å². The monoisotopic (exact) mass is 312 g/mol. The van der Waals surface area contributed by atoms with Crippen molar-refractivity contribution in [2.45, 2.75) is 39.0 Å². The number of Topliss-reactive ketones (excluding diaryl/α,β-unsaturated/α-hetero) is 1. The molecule has 1 aromatic rings. The second kappa shape index (κ2) is 6.36. The SMILES string of the molecule is CCOC(=O)C1=C(C)NC2=C(C(=O)CCC2)[C@H]1c1ccccn1. The zero-order valence-electron chi connectivity index (χ0n) is 13.4. The Kier molecular flexibility index (Phi) is 4.28. The van der Waals surface area contributed by atoms with E-state index in [9.17, 15) is 9.59 Å². The molecule has 0 bridgehead atoms. The summed E-state index contributed by atoms with van der Waals surface area (Å²) in [4.78, 5) is 29.4. The number of ketones is 1. The fourth-order valence-electron chi connectivity index (χ4n) is 3.31. The van der Waals surface area contributed by atoms with Gasteiger partial charge in [-0.3, -0.25) is 9.78 Å². The van der Waals surface area contributed by atoms with Crippen LogP contribution in [0, 0.1) is 0 Å². The van der Waals surface area contributed by atoms with Crippen LogP contribution in [-0.4, -0.2) is 23.3 Å². The molecule has 5 heteroatoms. The van der Waals surface area contributed by atoms with Crippen molar-refractivity contribution >= 4 is 11.8 Å². The lowest BCUT2D eigenvalue weighted by Crippen LogP contribution is -2.34. The number of allylic oxidation sites excluding steroid dienone is 3. The van der Waals surface area contributed by atoms with Gasteiger partial charge in [0.2, 0.25) is 0 Å². The molecule has 2 heterocycles. The first-order valence-electron chi connectivity index (χ1n) is 7.95. The average molecular weight is 312 g/mol. The van der Waals surface area contributed by atoms with Gasteiger partial charge in [0.1, 0.15) is 0 Å². The highest BCUT2D eigenvalue weighted by Crippen LogP contribution is 2.41. The van der Waals surface area contributed by atoms with Gasteiger partial charge in [-0.05, 0) is 38.8 Å². The number of nitrogens with zero attached hydrogens (tertiary/aromatic N) is 1. The minimum Gasteiger partial charge on any atom is -0.463 e. The molecule has 120 valence electrons. The van der Waals surface area contributed by atoms with E-state index >= 15 is 0 Å². The number of carbonyl (C=O) groups excluding carboxylic acids is 2. The lowest BCUT2D eigenvalue weighted by molar-refractivity contribution is -0.138. The first-order chi connectivity index (χ1) is 11.1. The van der Waals surface area contributed by atoms with Crippen LogP contribution >= 0.6 is 0 Å². The minimum absolute atomic E-state index is 0.0868. The average Bonchev–Trinajstić information content (AvgIpc) is 2.54. The van der Waals surface area contributed by atoms with Gasteiger partial charge in [-0.2, -0.15) is 0 Å². The van der Waals surface area contributed by atoms with Crippen LogP contribution in [0.4, 0.5) is 0 Å². The molecule has 1 atom stereocenters. The highest BCUT2D eigenvalue weighted by Gasteiger charge is 2.39. The van der Waals surface area contributed by atoms with E-state index in [1.807, 2.05) is 25.1 Å². The van der Waals surface area contributed by atoms with Crippen LogP contribution in [0.3, 0.4) is 0 Å². The van der Waals surface area contributed by atoms with Gasteiger partial charge in [0, 0.05) is 29.6 Å². The molecule has 23 heavy (non-hydrogen) atoms. The Morgan fingerprint density at radius 2 is 2.22 bits per heavy atom. The molecule has 0 spiro atoms. The van der Waals surface area contributed by atoms with Crippen LogP contribution in [0.1, 0.15) is 44.7 Å². The molecule has 0 unspecified atom stereocenters. The van der Waals surface area contributed by atoms with Crippen LogP contribution in [0.5, 0.6) is 0 Å². The Hall–Kier alpha value is -2.43. The minimum atomic E-state index is -0.445. The topological polar surface area (TPSA) is 68.3 Å². The maximum atomic E-state index is 12.5. The van der Waals surface area contributed by atoms with Crippen LogP contribution in [0.15, 0.2) is 46.9 Å². The van der Waals surface area contributed by atoms with Crippen molar-refractivity contribution in [3.8, 4) is 0 Å². The maximum absolute atomic E-state index is 12.5. The Labute approximate surface area is 135 Å². The lowest BCUT2D eigenvalue weighted by atomic mass is 9.77. The summed E-state index contributed by atoms with van der Waals surface area (Å²) in [5.41, 5.74) is 3.53. The molecule has 0 amide bonds. The molecule has 1 N–H and O–H groups in total. The summed E-state index contributed by atoms with van der Waals surface area (Å²) in [6.07, 6.45) is 3.85. The van der Waals surface area contributed by atoms with E-state index in [2.05, 4.69) is 10.3 Å². The van der Waals surface area contributed by atoms with Crippen LogP contribution in [0.25, 0.3) is 0 Å². The highest BCUT2D eigenvalue weighted by molar-refractivity contribution is 6.03. The van der Waals surface area contributed by atoms with Crippen molar-refractivity contribution < 1.29 is 14.3 Å². The van der Waals surface area contributed by atoms with E-state index in [1.54, 1.807) is 13.1 Å². The van der Waals surface area contributed by atoms with Gasteiger partial charge in [0.05, 0.1) is 23.8 Å². The lowest BCUT2D eigenvalue weighted by Gasteiger charge is -2.33. The molecular formula is C18H20N2O3. The number of hydrogen-bond acceptors (Lipinski definition) is 5. The summed E-state index contributed by atoms with van der Waals surface area (Å²) in [5, 5.41) is 3.25. The molecule has 0 aromatic carbocycles. The predicted octanol–water partition coefficient (Wildman–Crippen LogP) is 2.61. The summed E-state index contributed by atoms with van der Waals surface area (Å²) >= 11 is 0. The van der Waals surface area contributed by atoms with Gasteiger partial charge >= 0.3 is 5.97 Å². The third kappa shape index (κ3) is 2.79. The number of rotatable bonds is 3. The van der Waals surface area contributed by atoms with Crippen molar-refractivity contribution in [3.05, 3.63) is 52.6 Å². The van der Waals surface area contributed by atoms with E-state index < -0.39 is 11.9 Å². The first kappa shape index (κ1) is 15.5. The summed E-state index contributed by atoms with van der Waals surface area (Å²) < 4.78 is 5.22. The number of pyridine rings is 1. The van der Waals surface area contributed by atoms with E-state index in [4.69, 9.17) is 4.74 Å². The normalized spacial score (nSPS) is 21.0. The van der Waals surface area contributed by atoms with E-state index in [-0.39, 0.29) is 5.78 Å². The molecule has 0 radical (unpaired) electrons. The molecule has 0 fully saturated rings. The van der Waals surface area contributed by atoms with Crippen LogP contribution in [0.2, 0.25) is 0 Å². The highest BCUT2D eigenvalue weighted by atomic mass is 16.5. The van der Waals surface area contributed by atoms with E-state index in [1.165, 1.54) is 0 Å². The van der Waals surface area contributed by atoms with Gasteiger partial charge in [0.25, 0.3) is 0 Å². The van der Waals surface area contributed by atoms with E-state index in [0.717, 1.165) is 24.2 Å². The largest absolute Gasteiger partial charge is 0.463 e. The van der Waals surface area contributed by atoms with Crippen molar-refractivity contribution in [2.75, 3.05) is 6.61 Å². The summed E-state index contributed by atoms with van der Waals surface area (Å²) in [7, 11) is 0. The molecule has 2 aliphatic rings. The molecule has 3 rings (SSSR count). The zero-order valence-corrected chi connectivity index (χ0v) is 13.4. The standard InChI is InChI=1S/C18H20N2O3/c1-3-23-18(22)15-11(2)20-13-8-6-9-14(21)16(13)17(15)12-7-4-5-10-19-12/h4-5,7,10,17,20H,3,6,8-9H2,1-2H3/t17-/m0/s1. The summed E-state index contributed by atoms with van der Waals surface area (Å²) in [6, 6.07) is 5.55. The molecule has 1 aliphatic carbocycles. The second-order valence-corrected chi connectivity index (χ2v) is 5.74.